The molecule has 32 heavy (non-hydrogen) atoms. The molecule has 7 nitrogen and oxygen atoms in total. The minimum atomic E-state index is -0.294. The lowest BCUT2D eigenvalue weighted by Gasteiger charge is -2.09. The van der Waals surface area contributed by atoms with Crippen molar-refractivity contribution < 1.29 is 23.9 Å². The Morgan fingerprint density at radius 2 is 1.69 bits per heavy atom. The van der Waals surface area contributed by atoms with Crippen molar-refractivity contribution in [2.24, 2.45) is 0 Å². The fourth-order valence-electron chi connectivity index (χ4n) is 3.05. The molecule has 2 aromatic rings. The number of anilines is 1. The number of amides is 2. The number of hydrogen-bond acceptors (Lipinski definition) is 5. The van der Waals surface area contributed by atoms with Crippen molar-refractivity contribution in [3.63, 3.8) is 0 Å². The molecule has 2 N–H and O–H groups in total. The molecule has 2 aromatic carbocycles. The molecule has 0 aromatic heterocycles. The van der Waals surface area contributed by atoms with Crippen molar-refractivity contribution in [3.05, 3.63) is 65.7 Å². The van der Waals surface area contributed by atoms with Crippen molar-refractivity contribution in [3.8, 4) is 0 Å². The van der Waals surface area contributed by atoms with Crippen LogP contribution in [0.3, 0.4) is 0 Å². The quantitative estimate of drug-likeness (QED) is 0.345. The van der Waals surface area contributed by atoms with Crippen molar-refractivity contribution in [2.45, 2.75) is 38.5 Å². The lowest BCUT2D eigenvalue weighted by atomic mass is 10.1. The van der Waals surface area contributed by atoms with E-state index < -0.39 is 0 Å². The van der Waals surface area contributed by atoms with Crippen molar-refractivity contribution >= 4 is 23.5 Å². The highest BCUT2D eigenvalue weighted by molar-refractivity contribution is 5.97. The van der Waals surface area contributed by atoms with Gasteiger partial charge in [-0.3, -0.25) is 14.4 Å². The second-order valence-corrected chi connectivity index (χ2v) is 7.39. The van der Waals surface area contributed by atoms with Gasteiger partial charge in [-0.05, 0) is 49.4 Å². The molecule has 2 rings (SSSR count). The molecule has 2 amide bonds. The van der Waals surface area contributed by atoms with Gasteiger partial charge in [-0.2, -0.15) is 0 Å². The molecule has 0 heterocycles. The number of esters is 1. The fourth-order valence-corrected chi connectivity index (χ4v) is 3.05. The third-order valence-corrected chi connectivity index (χ3v) is 4.72. The molecular weight excluding hydrogens is 408 g/mol. The van der Waals surface area contributed by atoms with Gasteiger partial charge in [-0.15, -0.1) is 0 Å². The largest absolute Gasteiger partial charge is 0.466 e. The van der Waals surface area contributed by atoms with Crippen LogP contribution < -0.4 is 10.6 Å². The molecule has 0 spiro atoms. The van der Waals surface area contributed by atoms with E-state index in [-0.39, 0.29) is 30.6 Å². The molecule has 0 aliphatic carbocycles. The third-order valence-electron chi connectivity index (χ3n) is 4.72. The lowest BCUT2D eigenvalue weighted by molar-refractivity contribution is -0.143. The summed E-state index contributed by atoms with van der Waals surface area (Å²) in [5.74, 6) is -0.704. The number of benzene rings is 2. The van der Waals surface area contributed by atoms with Gasteiger partial charge < -0.3 is 20.1 Å². The summed E-state index contributed by atoms with van der Waals surface area (Å²) in [6.07, 6.45) is 3.17. The van der Waals surface area contributed by atoms with Crippen LogP contribution in [-0.4, -0.2) is 44.7 Å². The number of carbonyl (C=O) groups excluding carboxylic acids is 3. The van der Waals surface area contributed by atoms with Crippen LogP contribution in [0.4, 0.5) is 5.69 Å². The summed E-state index contributed by atoms with van der Waals surface area (Å²) in [6, 6.07) is 16.8. The fraction of sp³-hybridized carbons (Fsp3) is 0.400. The van der Waals surface area contributed by atoms with Crippen molar-refractivity contribution in [2.75, 3.05) is 32.2 Å². The van der Waals surface area contributed by atoms with Crippen LogP contribution in [0.5, 0.6) is 0 Å². The highest BCUT2D eigenvalue weighted by Gasteiger charge is 2.09. The number of rotatable bonds is 14. The molecular formula is C25H32N2O5. The van der Waals surface area contributed by atoms with E-state index in [9.17, 15) is 14.4 Å². The van der Waals surface area contributed by atoms with E-state index in [4.69, 9.17) is 9.47 Å². The van der Waals surface area contributed by atoms with Crippen LogP contribution in [0.1, 0.15) is 48.0 Å². The van der Waals surface area contributed by atoms with E-state index in [1.165, 1.54) is 5.56 Å². The maximum absolute atomic E-state index is 12.2. The Morgan fingerprint density at radius 3 is 2.47 bits per heavy atom. The maximum Gasteiger partial charge on any atom is 0.305 e. The number of ether oxygens (including phenoxy) is 2. The predicted octanol–water partition coefficient (Wildman–Crippen LogP) is 3.74. The lowest BCUT2D eigenvalue weighted by Crippen LogP contribution is -2.25. The first-order chi connectivity index (χ1) is 15.6. The minimum Gasteiger partial charge on any atom is -0.466 e. The molecule has 0 radical (unpaired) electrons. The Labute approximate surface area is 189 Å². The molecule has 172 valence electrons. The molecule has 0 atom stereocenters. The zero-order valence-electron chi connectivity index (χ0n) is 18.6. The minimum absolute atomic E-state index is 0.197. The molecule has 0 bridgehead atoms. The second kappa shape index (κ2) is 14.8. The van der Waals surface area contributed by atoms with Gasteiger partial charge in [0.25, 0.3) is 5.91 Å². The zero-order valence-corrected chi connectivity index (χ0v) is 18.6. The predicted molar refractivity (Wildman–Crippen MR) is 123 cm³/mol. The summed E-state index contributed by atoms with van der Waals surface area (Å²) in [5.41, 5.74) is 2.23. The molecule has 0 fully saturated rings. The van der Waals surface area contributed by atoms with Gasteiger partial charge in [0.05, 0.1) is 6.61 Å². The van der Waals surface area contributed by atoms with E-state index >= 15 is 0 Å². The topological polar surface area (TPSA) is 93.7 Å². The van der Waals surface area contributed by atoms with Gasteiger partial charge in [-0.1, -0.05) is 36.4 Å². The Balaban J connectivity index is 1.62. The number of hydrogen-bond donors (Lipinski definition) is 2. The average Bonchev–Trinajstić information content (AvgIpc) is 2.80. The number of nitrogens with one attached hydrogen (secondary N) is 2. The summed E-state index contributed by atoms with van der Waals surface area (Å²) < 4.78 is 10.2. The number of carbonyl (C=O) groups is 3. The maximum atomic E-state index is 12.2. The van der Waals surface area contributed by atoms with Crippen LogP contribution >= 0.6 is 0 Å². The van der Waals surface area contributed by atoms with Gasteiger partial charge in [0.1, 0.15) is 0 Å². The summed E-state index contributed by atoms with van der Waals surface area (Å²) in [5, 5.41) is 5.57. The summed E-state index contributed by atoms with van der Waals surface area (Å²) in [7, 11) is 1.62. The monoisotopic (exact) mass is 440 g/mol. The van der Waals surface area contributed by atoms with Crippen LogP contribution in [0.15, 0.2) is 54.6 Å². The molecule has 0 saturated heterocycles. The van der Waals surface area contributed by atoms with Crippen LogP contribution in [-0.2, 0) is 25.5 Å². The zero-order chi connectivity index (χ0) is 23.0. The standard InChI is InChI=1S/C25H32N2O5/c1-31-17-8-16-26-25(30)21-12-5-13-22(19-21)27-23(28)14-6-15-24(29)32-18-7-11-20-9-3-2-4-10-20/h2-5,9-10,12-13,19H,6-8,11,14-18H2,1H3,(H,26,30)(H,27,28). The Hall–Kier alpha value is -3.19. The molecule has 0 aliphatic heterocycles. The van der Waals surface area contributed by atoms with E-state index in [0.717, 1.165) is 19.3 Å². The molecule has 0 unspecified atom stereocenters. The Bertz CT molecular complexity index is 854. The van der Waals surface area contributed by atoms with Crippen LogP contribution in [0, 0.1) is 0 Å². The van der Waals surface area contributed by atoms with Crippen LogP contribution in [0.25, 0.3) is 0 Å². The van der Waals surface area contributed by atoms with Gasteiger partial charge in [0.15, 0.2) is 0 Å². The third kappa shape index (κ3) is 10.2. The van der Waals surface area contributed by atoms with E-state index in [1.54, 1.807) is 31.4 Å². The van der Waals surface area contributed by atoms with Crippen LogP contribution in [0.2, 0.25) is 0 Å². The van der Waals surface area contributed by atoms with Gasteiger partial charge in [0.2, 0.25) is 5.91 Å². The van der Waals surface area contributed by atoms with Crippen molar-refractivity contribution in [1.82, 2.24) is 5.32 Å². The SMILES string of the molecule is COCCCNC(=O)c1cccc(NC(=O)CCCC(=O)OCCCc2ccccc2)c1. The first-order valence-corrected chi connectivity index (χ1v) is 10.9. The first kappa shape index (κ1) is 25.1. The van der Waals surface area contributed by atoms with E-state index in [2.05, 4.69) is 10.6 Å². The summed E-state index contributed by atoms with van der Waals surface area (Å²) in [4.78, 5) is 36.2. The average molecular weight is 441 g/mol. The molecule has 0 saturated carbocycles. The summed E-state index contributed by atoms with van der Waals surface area (Å²) >= 11 is 0. The molecule has 0 aliphatic rings. The first-order valence-electron chi connectivity index (χ1n) is 10.9. The second-order valence-electron chi connectivity index (χ2n) is 7.39. The smallest absolute Gasteiger partial charge is 0.305 e. The Morgan fingerprint density at radius 1 is 0.875 bits per heavy atom. The van der Waals surface area contributed by atoms with Gasteiger partial charge >= 0.3 is 5.97 Å². The number of methoxy groups -OCH3 is 1. The van der Waals surface area contributed by atoms with E-state index in [0.29, 0.717) is 37.4 Å². The molecule has 7 heteroatoms. The Kier molecular flexibility index (Phi) is 11.6. The highest BCUT2D eigenvalue weighted by Crippen LogP contribution is 2.12. The van der Waals surface area contributed by atoms with E-state index in [1.807, 2.05) is 30.3 Å². The summed E-state index contributed by atoms with van der Waals surface area (Å²) in [6.45, 7) is 1.48. The van der Waals surface area contributed by atoms with Crippen molar-refractivity contribution in [1.29, 1.82) is 0 Å². The number of aryl methyl sites for hydroxylation is 1. The normalized spacial score (nSPS) is 10.4. The highest BCUT2D eigenvalue weighted by atomic mass is 16.5. The van der Waals surface area contributed by atoms with Gasteiger partial charge in [0, 0.05) is 44.4 Å². The van der Waals surface area contributed by atoms with Gasteiger partial charge in [-0.25, -0.2) is 0 Å².